The van der Waals surface area contributed by atoms with Crippen molar-refractivity contribution in [3.05, 3.63) is 34.9 Å². The van der Waals surface area contributed by atoms with Crippen LogP contribution in [-0.2, 0) is 0 Å². The fraction of sp³-hybridized carbons (Fsp3) is 0.300. The molecule has 0 bridgehead atoms. The molecule has 0 saturated carbocycles. The number of rotatable bonds is 2. The van der Waals surface area contributed by atoms with Gasteiger partial charge in [0.25, 0.3) is 0 Å². The Morgan fingerprint density at radius 1 is 1.50 bits per heavy atom. The van der Waals surface area contributed by atoms with Crippen LogP contribution in [0.2, 0.25) is 0 Å². The van der Waals surface area contributed by atoms with Crippen molar-refractivity contribution in [3.63, 3.8) is 0 Å². The maximum atomic E-state index is 10.7. The molecule has 14 heavy (non-hydrogen) atoms. The summed E-state index contributed by atoms with van der Waals surface area (Å²) in [4.78, 5) is 10.7. The molecule has 0 fully saturated rings. The van der Waals surface area contributed by atoms with Gasteiger partial charge < -0.3 is 10.8 Å². The van der Waals surface area contributed by atoms with E-state index in [-0.39, 0.29) is 18.4 Å². The van der Waals surface area contributed by atoms with E-state index < -0.39 is 5.97 Å². The second-order valence-corrected chi connectivity index (χ2v) is 3.17. The highest BCUT2D eigenvalue weighted by atomic mass is 35.5. The highest BCUT2D eigenvalue weighted by Gasteiger charge is 2.08. The molecule has 78 valence electrons. The normalized spacial score (nSPS) is 11.6. The molecule has 3 N–H and O–H groups in total. The van der Waals surface area contributed by atoms with Crippen LogP contribution in [0, 0.1) is 6.92 Å². The van der Waals surface area contributed by atoms with Gasteiger partial charge in [-0.05, 0) is 31.0 Å². The summed E-state index contributed by atoms with van der Waals surface area (Å²) in [6.07, 6.45) is 0. The molecule has 0 heterocycles. The van der Waals surface area contributed by atoms with E-state index in [1.54, 1.807) is 19.1 Å². The first-order valence-electron chi connectivity index (χ1n) is 4.12. The van der Waals surface area contributed by atoms with E-state index in [0.717, 1.165) is 11.1 Å². The van der Waals surface area contributed by atoms with Gasteiger partial charge in [0.05, 0.1) is 5.56 Å². The quantitative estimate of drug-likeness (QED) is 0.795. The van der Waals surface area contributed by atoms with Gasteiger partial charge in [-0.3, -0.25) is 0 Å². The van der Waals surface area contributed by atoms with Crippen LogP contribution >= 0.6 is 12.4 Å². The Labute approximate surface area is 89.3 Å². The number of benzene rings is 1. The molecule has 3 nitrogen and oxygen atoms in total. The monoisotopic (exact) mass is 215 g/mol. The van der Waals surface area contributed by atoms with Crippen molar-refractivity contribution in [2.24, 2.45) is 5.73 Å². The summed E-state index contributed by atoms with van der Waals surface area (Å²) >= 11 is 0. The van der Waals surface area contributed by atoms with Gasteiger partial charge in [0.2, 0.25) is 0 Å². The number of carboxylic acids is 1. The first-order valence-corrected chi connectivity index (χ1v) is 4.12. The van der Waals surface area contributed by atoms with E-state index >= 15 is 0 Å². The molecule has 0 amide bonds. The molecule has 1 rings (SSSR count). The maximum Gasteiger partial charge on any atom is 0.335 e. The van der Waals surface area contributed by atoms with Crippen LogP contribution in [0.1, 0.15) is 34.5 Å². The molecular formula is C10H14ClNO2. The van der Waals surface area contributed by atoms with E-state index in [4.69, 9.17) is 10.8 Å². The summed E-state index contributed by atoms with van der Waals surface area (Å²) in [5.74, 6) is -0.895. The fourth-order valence-electron chi connectivity index (χ4n) is 1.21. The molecular weight excluding hydrogens is 202 g/mol. The van der Waals surface area contributed by atoms with Gasteiger partial charge in [-0.1, -0.05) is 12.1 Å². The van der Waals surface area contributed by atoms with Gasteiger partial charge in [0.1, 0.15) is 0 Å². The number of aromatic carboxylic acids is 1. The molecule has 0 saturated heterocycles. The Morgan fingerprint density at radius 3 is 2.43 bits per heavy atom. The summed E-state index contributed by atoms with van der Waals surface area (Å²) < 4.78 is 0. The number of carboxylic acid groups (broad SMARTS) is 1. The van der Waals surface area contributed by atoms with E-state index in [1.165, 1.54) is 0 Å². The molecule has 0 aliphatic rings. The zero-order chi connectivity index (χ0) is 10.0. The minimum atomic E-state index is -0.895. The lowest BCUT2D eigenvalue weighted by atomic mass is 10.0. The van der Waals surface area contributed by atoms with Gasteiger partial charge in [-0.25, -0.2) is 4.79 Å². The molecule has 4 heteroatoms. The average molecular weight is 216 g/mol. The first-order chi connectivity index (χ1) is 6.02. The largest absolute Gasteiger partial charge is 0.478 e. The van der Waals surface area contributed by atoms with Crippen LogP contribution < -0.4 is 5.73 Å². The number of halogens is 1. The number of hydrogen-bond donors (Lipinski definition) is 2. The summed E-state index contributed by atoms with van der Waals surface area (Å²) in [6.45, 7) is 3.64. The van der Waals surface area contributed by atoms with E-state index in [1.807, 2.05) is 13.0 Å². The molecule has 0 aliphatic carbocycles. The van der Waals surface area contributed by atoms with Crippen LogP contribution in [0.15, 0.2) is 18.2 Å². The highest BCUT2D eigenvalue weighted by Crippen LogP contribution is 2.15. The highest BCUT2D eigenvalue weighted by molar-refractivity contribution is 5.89. The van der Waals surface area contributed by atoms with Crippen LogP contribution in [0.3, 0.4) is 0 Å². The standard InChI is InChI=1S/C10H13NO2.ClH/c1-6-5-8(7(2)11)3-4-9(6)10(12)13;/h3-5,7H,11H2,1-2H3,(H,12,13);1H/t7-;/m0./s1. The summed E-state index contributed by atoms with van der Waals surface area (Å²) in [6, 6.07) is 5.10. The van der Waals surface area contributed by atoms with Gasteiger partial charge in [-0.15, -0.1) is 12.4 Å². The molecule has 0 aromatic heterocycles. The third-order valence-electron chi connectivity index (χ3n) is 2.01. The molecule has 0 unspecified atom stereocenters. The van der Waals surface area contributed by atoms with Gasteiger partial charge in [0, 0.05) is 6.04 Å². The zero-order valence-electron chi connectivity index (χ0n) is 8.15. The predicted molar refractivity (Wildman–Crippen MR) is 58.0 cm³/mol. The van der Waals surface area contributed by atoms with Crippen molar-refractivity contribution in [1.29, 1.82) is 0 Å². The van der Waals surface area contributed by atoms with Crippen LogP contribution in [-0.4, -0.2) is 11.1 Å². The lowest BCUT2D eigenvalue weighted by Crippen LogP contribution is -2.07. The number of nitrogens with two attached hydrogens (primary N) is 1. The SMILES string of the molecule is Cc1cc([C@H](C)N)ccc1C(=O)O.Cl. The van der Waals surface area contributed by atoms with E-state index in [9.17, 15) is 4.79 Å². The molecule has 1 aromatic carbocycles. The smallest absolute Gasteiger partial charge is 0.335 e. The number of hydrogen-bond acceptors (Lipinski definition) is 2. The summed E-state index contributed by atoms with van der Waals surface area (Å²) in [7, 11) is 0. The topological polar surface area (TPSA) is 63.3 Å². The Hall–Kier alpha value is -1.06. The predicted octanol–water partition coefficient (Wildman–Crippen LogP) is 2.13. The second-order valence-electron chi connectivity index (χ2n) is 3.17. The lowest BCUT2D eigenvalue weighted by molar-refractivity contribution is 0.0696. The molecule has 0 radical (unpaired) electrons. The van der Waals surface area contributed by atoms with Crippen molar-refractivity contribution >= 4 is 18.4 Å². The fourth-order valence-corrected chi connectivity index (χ4v) is 1.21. The van der Waals surface area contributed by atoms with Gasteiger partial charge >= 0.3 is 5.97 Å². The van der Waals surface area contributed by atoms with Crippen LogP contribution in [0.5, 0.6) is 0 Å². The maximum absolute atomic E-state index is 10.7. The van der Waals surface area contributed by atoms with Crippen LogP contribution in [0.25, 0.3) is 0 Å². The lowest BCUT2D eigenvalue weighted by Gasteiger charge is -2.07. The minimum Gasteiger partial charge on any atom is -0.478 e. The third kappa shape index (κ3) is 2.72. The second kappa shape index (κ2) is 4.98. The molecule has 0 aliphatic heterocycles. The molecule has 0 spiro atoms. The first kappa shape index (κ1) is 12.9. The van der Waals surface area contributed by atoms with Crippen LogP contribution in [0.4, 0.5) is 0 Å². The van der Waals surface area contributed by atoms with Crippen molar-refractivity contribution in [1.82, 2.24) is 0 Å². The Morgan fingerprint density at radius 2 is 2.07 bits per heavy atom. The third-order valence-corrected chi connectivity index (χ3v) is 2.01. The minimum absolute atomic E-state index is 0. The van der Waals surface area contributed by atoms with Gasteiger partial charge in [-0.2, -0.15) is 0 Å². The Balaban J connectivity index is 0.00000169. The van der Waals surface area contributed by atoms with E-state index in [0.29, 0.717) is 5.56 Å². The summed E-state index contributed by atoms with van der Waals surface area (Å²) in [5.41, 5.74) is 7.71. The van der Waals surface area contributed by atoms with E-state index in [2.05, 4.69) is 0 Å². The summed E-state index contributed by atoms with van der Waals surface area (Å²) in [5, 5.41) is 8.76. The van der Waals surface area contributed by atoms with Crippen molar-refractivity contribution in [3.8, 4) is 0 Å². The van der Waals surface area contributed by atoms with Gasteiger partial charge in [0.15, 0.2) is 0 Å². The molecule has 1 atom stereocenters. The van der Waals surface area contributed by atoms with Crippen molar-refractivity contribution < 1.29 is 9.90 Å². The van der Waals surface area contributed by atoms with Crippen molar-refractivity contribution in [2.45, 2.75) is 19.9 Å². The Kier molecular flexibility index (Phi) is 4.60. The number of carbonyl (C=O) groups is 1. The number of aryl methyl sites for hydroxylation is 1. The zero-order valence-corrected chi connectivity index (χ0v) is 8.97. The van der Waals surface area contributed by atoms with Crippen molar-refractivity contribution in [2.75, 3.05) is 0 Å². The molecule has 1 aromatic rings. The average Bonchev–Trinajstić information content (AvgIpc) is 2.03. The Bertz CT molecular complexity index is 337.